The first-order valence-corrected chi connectivity index (χ1v) is 12.1. The summed E-state index contributed by atoms with van der Waals surface area (Å²) in [5.41, 5.74) is 3.67. The van der Waals surface area contributed by atoms with Gasteiger partial charge in [-0.05, 0) is 77.7 Å². The van der Waals surface area contributed by atoms with Crippen LogP contribution in [0.25, 0.3) is 22.3 Å². The molecule has 1 amide bonds. The number of nitrogens with one attached hydrogen (secondary N) is 3. The Labute approximate surface area is 211 Å². The monoisotopic (exact) mass is 487 g/mol. The third-order valence-corrected chi connectivity index (χ3v) is 5.44. The SMILES string of the molecule is CC(C)NC(=O)COc1cccc(-c2nc(CCCN(C)C)cc(Nc3ccc4[nH]ncc4c3)n2)c1. The van der Waals surface area contributed by atoms with Crippen molar-refractivity contribution in [2.24, 2.45) is 0 Å². The third-order valence-electron chi connectivity index (χ3n) is 5.44. The molecule has 0 fully saturated rings. The predicted octanol–water partition coefficient (Wildman–Crippen LogP) is 4.16. The first-order valence-electron chi connectivity index (χ1n) is 12.1. The fraction of sp³-hybridized carbons (Fsp3) is 0.333. The zero-order chi connectivity index (χ0) is 25.5. The first kappa shape index (κ1) is 25.1. The minimum absolute atomic E-state index is 0.0453. The summed E-state index contributed by atoms with van der Waals surface area (Å²) in [5.74, 6) is 1.75. The fourth-order valence-corrected chi connectivity index (χ4v) is 3.80. The Hall–Kier alpha value is -3.98. The van der Waals surface area contributed by atoms with Gasteiger partial charge in [0, 0.05) is 34.4 Å². The van der Waals surface area contributed by atoms with Crippen LogP contribution in [0.1, 0.15) is 26.0 Å². The number of carbonyl (C=O) groups is 1. The van der Waals surface area contributed by atoms with Crippen LogP contribution in [-0.4, -0.2) is 64.3 Å². The molecule has 0 radical (unpaired) electrons. The molecule has 0 aliphatic heterocycles. The van der Waals surface area contributed by atoms with E-state index in [9.17, 15) is 4.79 Å². The second-order valence-corrected chi connectivity index (χ2v) is 9.31. The first-order chi connectivity index (χ1) is 17.4. The fourth-order valence-electron chi connectivity index (χ4n) is 3.80. The summed E-state index contributed by atoms with van der Waals surface area (Å²) in [4.78, 5) is 23.8. The van der Waals surface area contributed by atoms with E-state index in [-0.39, 0.29) is 18.6 Å². The molecular formula is C27H33N7O2. The van der Waals surface area contributed by atoms with Crippen molar-refractivity contribution < 1.29 is 9.53 Å². The molecule has 2 aromatic heterocycles. The van der Waals surface area contributed by atoms with Gasteiger partial charge in [0.1, 0.15) is 11.6 Å². The number of aromatic nitrogens is 4. The maximum atomic E-state index is 12.0. The highest BCUT2D eigenvalue weighted by molar-refractivity contribution is 5.82. The quantitative estimate of drug-likeness (QED) is 0.291. The summed E-state index contributed by atoms with van der Waals surface area (Å²) in [6, 6.07) is 15.6. The lowest BCUT2D eigenvalue weighted by Crippen LogP contribution is -2.34. The van der Waals surface area contributed by atoms with E-state index in [4.69, 9.17) is 14.7 Å². The van der Waals surface area contributed by atoms with Crippen LogP contribution in [-0.2, 0) is 11.2 Å². The van der Waals surface area contributed by atoms with E-state index in [1.54, 1.807) is 6.20 Å². The highest BCUT2D eigenvalue weighted by Gasteiger charge is 2.11. The number of aryl methyl sites for hydroxylation is 1. The average molecular weight is 488 g/mol. The van der Waals surface area contributed by atoms with E-state index in [1.807, 2.05) is 62.4 Å². The van der Waals surface area contributed by atoms with E-state index < -0.39 is 0 Å². The Balaban J connectivity index is 1.58. The summed E-state index contributed by atoms with van der Waals surface area (Å²) >= 11 is 0. The molecule has 2 aromatic carbocycles. The summed E-state index contributed by atoms with van der Waals surface area (Å²) in [5, 5.41) is 14.3. The lowest BCUT2D eigenvalue weighted by Gasteiger charge is -2.13. The second-order valence-electron chi connectivity index (χ2n) is 9.31. The molecule has 0 spiro atoms. The van der Waals surface area contributed by atoms with Crippen LogP contribution in [0.2, 0.25) is 0 Å². The number of anilines is 2. The number of nitrogens with zero attached hydrogens (tertiary/aromatic N) is 4. The summed E-state index contributed by atoms with van der Waals surface area (Å²) < 4.78 is 5.71. The van der Waals surface area contributed by atoms with Crippen molar-refractivity contribution in [3.8, 4) is 17.1 Å². The van der Waals surface area contributed by atoms with Crippen molar-refractivity contribution in [3.63, 3.8) is 0 Å². The van der Waals surface area contributed by atoms with Crippen LogP contribution >= 0.6 is 0 Å². The number of ether oxygens (including phenoxy) is 1. The number of hydrogen-bond donors (Lipinski definition) is 3. The van der Waals surface area contributed by atoms with Crippen LogP contribution in [0.5, 0.6) is 5.75 Å². The van der Waals surface area contributed by atoms with Crippen LogP contribution < -0.4 is 15.4 Å². The highest BCUT2D eigenvalue weighted by atomic mass is 16.5. The molecule has 0 unspecified atom stereocenters. The molecule has 36 heavy (non-hydrogen) atoms. The zero-order valence-electron chi connectivity index (χ0n) is 21.2. The van der Waals surface area contributed by atoms with Gasteiger partial charge in [0.15, 0.2) is 12.4 Å². The zero-order valence-corrected chi connectivity index (χ0v) is 21.2. The topological polar surface area (TPSA) is 108 Å². The average Bonchev–Trinajstić information content (AvgIpc) is 3.30. The van der Waals surface area contributed by atoms with Crippen molar-refractivity contribution in [1.29, 1.82) is 0 Å². The number of hydrogen-bond acceptors (Lipinski definition) is 7. The smallest absolute Gasteiger partial charge is 0.258 e. The molecular weight excluding hydrogens is 454 g/mol. The molecule has 9 nitrogen and oxygen atoms in total. The van der Waals surface area contributed by atoms with Crippen LogP contribution in [0.15, 0.2) is 54.7 Å². The standard InChI is InChI=1S/C27H33N7O2/c1-18(2)29-26(35)17-36-23-9-5-7-19(14-23)27-31-21(8-6-12-34(3)4)15-25(32-27)30-22-10-11-24-20(13-22)16-28-33-24/h5,7,9-11,13-16,18H,6,8,12,17H2,1-4H3,(H,28,33)(H,29,35)(H,30,31,32). The molecule has 0 aliphatic rings. The molecule has 0 atom stereocenters. The van der Waals surface area contributed by atoms with Crippen LogP contribution in [0.4, 0.5) is 11.5 Å². The molecule has 188 valence electrons. The highest BCUT2D eigenvalue weighted by Crippen LogP contribution is 2.25. The van der Waals surface area contributed by atoms with Gasteiger partial charge < -0.3 is 20.3 Å². The van der Waals surface area contributed by atoms with Gasteiger partial charge in [-0.15, -0.1) is 0 Å². The van der Waals surface area contributed by atoms with E-state index in [2.05, 4.69) is 39.8 Å². The lowest BCUT2D eigenvalue weighted by atomic mass is 10.1. The second kappa shape index (κ2) is 11.6. The van der Waals surface area contributed by atoms with Gasteiger partial charge in [-0.25, -0.2) is 9.97 Å². The van der Waals surface area contributed by atoms with E-state index in [0.717, 1.165) is 47.2 Å². The largest absolute Gasteiger partial charge is 0.484 e. The van der Waals surface area contributed by atoms with Gasteiger partial charge in [-0.3, -0.25) is 9.89 Å². The van der Waals surface area contributed by atoms with E-state index in [0.29, 0.717) is 17.4 Å². The molecule has 4 aromatic rings. The van der Waals surface area contributed by atoms with Crippen molar-refractivity contribution in [2.75, 3.05) is 32.6 Å². The Kier molecular flexibility index (Phi) is 8.12. The number of aromatic amines is 1. The van der Waals surface area contributed by atoms with Gasteiger partial charge in [0.2, 0.25) is 0 Å². The predicted molar refractivity (Wildman–Crippen MR) is 142 cm³/mol. The Morgan fingerprint density at radius 2 is 1.97 bits per heavy atom. The molecule has 0 bridgehead atoms. The molecule has 0 saturated carbocycles. The maximum Gasteiger partial charge on any atom is 0.258 e. The van der Waals surface area contributed by atoms with Crippen LogP contribution in [0.3, 0.4) is 0 Å². The summed E-state index contributed by atoms with van der Waals surface area (Å²) in [7, 11) is 4.13. The summed E-state index contributed by atoms with van der Waals surface area (Å²) in [6.07, 6.45) is 3.61. The van der Waals surface area contributed by atoms with Gasteiger partial charge in [-0.2, -0.15) is 5.10 Å². The van der Waals surface area contributed by atoms with Gasteiger partial charge in [-0.1, -0.05) is 12.1 Å². The molecule has 3 N–H and O–H groups in total. The molecule has 4 rings (SSSR count). The molecule has 2 heterocycles. The van der Waals surface area contributed by atoms with Gasteiger partial charge in [0.05, 0.1) is 11.7 Å². The number of benzene rings is 2. The van der Waals surface area contributed by atoms with Crippen molar-refractivity contribution in [1.82, 2.24) is 30.4 Å². The molecule has 9 heteroatoms. The molecule has 0 saturated heterocycles. The van der Waals surface area contributed by atoms with Gasteiger partial charge in [0.25, 0.3) is 5.91 Å². The van der Waals surface area contributed by atoms with E-state index in [1.165, 1.54) is 0 Å². The number of rotatable bonds is 11. The van der Waals surface area contributed by atoms with E-state index >= 15 is 0 Å². The Bertz CT molecular complexity index is 1320. The minimum Gasteiger partial charge on any atom is -0.484 e. The van der Waals surface area contributed by atoms with Gasteiger partial charge >= 0.3 is 0 Å². The number of carbonyl (C=O) groups excluding carboxylic acids is 1. The normalized spacial score (nSPS) is 11.3. The third kappa shape index (κ3) is 7.02. The van der Waals surface area contributed by atoms with Crippen molar-refractivity contribution in [3.05, 3.63) is 60.4 Å². The summed E-state index contributed by atoms with van der Waals surface area (Å²) in [6.45, 7) is 4.76. The van der Waals surface area contributed by atoms with Crippen molar-refractivity contribution in [2.45, 2.75) is 32.7 Å². The minimum atomic E-state index is -0.157. The number of H-pyrrole nitrogens is 1. The van der Waals surface area contributed by atoms with Crippen LogP contribution in [0, 0.1) is 0 Å². The Morgan fingerprint density at radius 3 is 2.78 bits per heavy atom. The molecule has 0 aliphatic carbocycles. The van der Waals surface area contributed by atoms with Crippen molar-refractivity contribution >= 4 is 28.3 Å². The maximum absolute atomic E-state index is 12.0. The Morgan fingerprint density at radius 1 is 1.11 bits per heavy atom. The number of amides is 1. The lowest BCUT2D eigenvalue weighted by molar-refractivity contribution is -0.123. The number of fused-ring (bicyclic) bond motifs is 1.